The fourth-order valence-corrected chi connectivity index (χ4v) is 4.60. The summed E-state index contributed by atoms with van der Waals surface area (Å²) in [4.78, 5) is 31.2. The zero-order valence-corrected chi connectivity index (χ0v) is 17.3. The second-order valence-corrected chi connectivity index (χ2v) is 9.09. The van der Waals surface area contributed by atoms with Crippen molar-refractivity contribution in [2.24, 2.45) is 5.92 Å². The van der Waals surface area contributed by atoms with E-state index < -0.39 is 0 Å². The monoisotopic (exact) mass is 396 g/mol. The Hall–Kier alpha value is -2.14. The molecule has 2 aliphatic rings. The van der Waals surface area contributed by atoms with Crippen LogP contribution in [-0.2, 0) is 22.7 Å². The quantitative estimate of drug-likeness (QED) is 0.664. The van der Waals surface area contributed by atoms with E-state index in [-0.39, 0.29) is 30.3 Å². The minimum absolute atomic E-state index is 0.0521. The van der Waals surface area contributed by atoms with Gasteiger partial charge in [-0.15, -0.1) is 11.3 Å². The molecule has 1 aromatic heterocycles. The average molecular weight is 397 g/mol. The van der Waals surface area contributed by atoms with Gasteiger partial charge in [0, 0.05) is 23.4 Å². The van der Waals surface area contributed by atoms with Gasteiger partial charge in [0.2, 0.25) is 11.8 Å². The molecule has 4 nitrogen and oxygen atoms in total. The third kappa shape index (κ3) is 4.46. The summed E-state index contributed by atoms with van der Waals surface area (Å²) >= 11 is 1.69. The van der Waals surface area contributed by atoms with Gasteiger partial charge < -0.3 is 9.80 Å². The van der Waals surface area contributed by atoms with Gasteiger partial charge in [-0.1, -0.05) is 36.8 Å². The predicted molar refractivity (Wildman–Crippen MR) is 112 cm³/mol. The highest BCUT2D eigenvalue weighted by atomic mass is 32.1. The van der Waals surface area contributed by atoms with Gasteiger partial charge in [0.05, 0.1) is 6.54 Å². The molecule has 2 saturated carbocycles. The molecule has 0 unspecified atom stereocenters. The summed E-state index contributed by atoms with van der Waals surface area (Å²) in [6.45, 7) is 3.49. The van der Waals surface area contributed by atoms with E-state index in [1.165, 1.54) is 10.4 Å². The standard InChI is InChI=1S/C23H28N2O2S/c1-17-12-13-28-21(17)15-24(14-18-6-3-2-4-7-18)22(26)16-25(20-10-11-20)23(27)19-8-5-9-19/h2-4,6-7,12-13,19-20H,5,8-11,14-16H2,1H3. The minimum Gasteiger partial charge on any atom is -0.332 e. The summed E-state index contributed by atoms with van der Waals surface area (Å²) in [6.07, 6.45) is 5.18. The molecule has 0 spiro atoms. The van der Waals surface area contributed by atoms with E-state index in [0.29, 0.717) is 13.1 Å². The first kappa shape index (κ1) is 19.2. The maximum Gasteiger partial charge on any atom is 0.242 e. The van der Waals surface area contributed by atoms with Gasteiger partial charge in [-0.2, -0.15) is 0 Å². The summed E-state index contributed by atoms with van der Waals surface area (Å²) in [7, 11) is 0. The van der Waals surface area contributed by atoms with Crippen molar-refractivity contribution in [1.82, 2.24) is 9.80 Å². The molecule has 0 radical (unpaired) electrons. The van der Waals surface area contributed by atoms with E-state index in [2.05, 4.69) is 30.5 Å². The predicted octanol–water partition coefficient (Wildman–Crippen LogP) is 4.38. The summed E-state index contributed by atoms with van der Waals surface area (Å²) < 4.78 is 0. The smallest absolute Gasteiger partial charge is 0.242 e. The van der Waals surface area contributed by atoms with E-state index in [0.717, 1.165) is 37.7 Å². The van der Waals surface area contributed by atoms with Gasteiger partial charge in [0.15, 0.2) is 0 Å². The number of carbonyl (C=O) groups excluding carboxylic acids is 2. The van der Waals surface area contributed by atoms with E-state index in [4.69, 9.17) is 0 Å². The van der Waals surface area contributed by atoms with Crippen LogP contribution < -0.4 is 0 Å². The molecule has 0 aliphatic heterocycles. The SMILES string of the molecule is Cc1ccsc1CN(Cc1ccccc1)C(=O)CN(C(=O)C1CCC1)C1CC1. The lowest BCUT2D eigenvalue weighted by molar-refractivity contribution is -0.145. The van der Waals surface area contributed by atoms with Crippen molar-refractivity contribution in [1.29, 1.82) is 0 Å². The Labute approximate surface area is 171 Å². The highest BCUT2D eigenvalue weighted by Gasteiger charge is 2.39. The van der Waals surface area contributed by atoms with Crippen molar-refractivity contribution in [3.05, 3.63) is 57.8 Å². The first-order valence-electron chi connectivity index (χ1n) is 10.3. The Morgan fingerprint density at radius 2 is 1.79 bits per heavy atom. The van der Waals surface area contributed by atoms with Crippen LogP contribution in [0, 0.1) is 12.8 Å². The van der Waals surface area contributed by atoms with Crippen molar-refractivity contribution in [3.63, 3.8) is 0 Å². The van der Waals surface area contributed by atoms with E-state index in [1.54, 1.807) is 11.3 Å². The molecule has 0 atom stereocenters. The van der Waals surface area contributed by atoms with Gasteiger partial charge in [-0.05, 0) is 55.2 Å². The molecule has 28 heavy (non-hydrogen) atoms. The third-order valence-electron chi connectivity index (χ3n) is 5.90. The second kappa shape index (κ2) is 8.48. The number of carbonyl (C=O) groups is 2. The topological polar surface area (TPSA) is 40.6 Å². The summed E-state index contributed by atoms with van der Waals surface area (Å²) in [5.74, 6) is 0.404. The van der Waals surface area contributed by atoms with E-state index in [1.807, 2.05) is 28.0 Å². The Morgan fingerprint density at radius 3 is 2.36 bits per heavy atom. The van der Waals surface area contributed by atoms with E-state index >= 15 is 0 Å². The van der Waals surface area contributed by atoms with Crippen LogP contribution in [-0.4, -0.2) is 34.2 Å². The molecular weight excluding hydrogens is 368 g/mol. The van der Waals surface area contributed by atoms with Crippen molar-refractivity contribution < 1.29 is 9.59 Å². The number of nitrogens with zero attached hydrogens (tertiary/aromatic N) is 2. The van der Waals surface area contributed by atoms with Crippen LogP contribution in [0.2, 0.25) is 0 Å². The first-order chi connectivity index (χ1) is 13.6. The molecule has 2 aliphatic carbocycles. The number of hydrogen-bond donors (Lipinski definition) is 0. The summed E-state index contributed by atoms with van der Waals surface area (Å²) in [5, 5.41) is 2.08. The average Bonchev–Trinajstić information content (AvgIpc) is 3.41. The Kier molecular flexibility index (Phi) is 5.81. The maximum absolute atomic E-state index is 13.3. The van der Waals surface area contributed by atoms with Gasteiger partial charge in [-0.3, -0.25) is 9.59 Å². The normalized spacial score (nSPS) is 16.5. The zero-order chi connectivity index (χ0) is 19.5. The van der Waals surface area contributed by atoms with Crippen molar-refractivity contribution >= 4 is 23.2 Å². The minimum atomic E-state index is 0.0521. The van der Waals surface area contributed by atoms with Crippen molar-refractivity contribution in [3.8, 4) is 0 Å². The van der Waals surface area contributed by atoms with Crippen LogP contribution in [0.4, 0.5) is 0 Å². The number of rotatable bonds is 8. The maximum atomic E-state index is 13.3. The van der Waals surface area contributed by atoms with Crippen LogP contribution in [0.25, 0.3) is 0 Å². The van der Waals surface area contributed by atoms with Gasteiger partial charge >= 0.3 is 0 Å². The first-order valence-corrected chi connectivity index (χ1v) is 11.1. The third-order valence-corrected chi connectivity index (χ3v) is 6.91. The van der Waals surface area contributed by atoms with Gasteiger partial charge in [0.25, 0.3) is 0 Å². The van der Waals surface area contributed by atoms with Gasteiger partial charge in [-0.25, -0.2) is 0 Å². The number of amides is 2. The molecule has 0 bridgehead atoms. The van der Waals surface area contributed by atoms with E-state index in [9.17, 15) is 9.59 Å². The molecule has 2 amide bonds. The molecule has 4 rings (SSSR count). The highest BCUT2D eigenvalue weighted by molar-refractivity contribution is 7.10. The summed E-state index contributed by atoms with van der Waals surface area (Å²) in [6, 6.07) is 12.5. The number of aryl methyl sites for hydroxylation is 1. The van der Waals surface area contributed by atoms with Crippen LogP contribution >= 0.6 is 11.3 Å². The Bertz CT molecular complexity index is 824. The lowest BCUT2D eigenvalue weighted by Gasteiger charge is -2.33. The molecule has 2 fully saturated rings. The van der Waals surface area contributed by atoms with Crippen LogP contribution in [0.1, 0.15) is 48.1 Å². The number of thiophene rings is 1. The molecule has 0 saturated heterocycles. The van der Waals surface area contributed by atoms with Crippen LogP contribution in [0.15, 0.2) is 41.8 Å². The van der Waals surface area contributed by atoms with Crippen LogP contribution in [0.3, 0.4) is 0 Å². The molecule has 1 aromatic carbocycles. The number of benzene rings is 1. The fraction of sp³-hybridized carbons (Fsp3) is 0.478. The molecule has 1 heterocycles. The Morgan fingerprint density at radius 1 is 1.04 bits per heavy atom. The molecule has 2 aromatic rings. The Balaban J connectivity index is 1.49. The molecular formula is C23H28N2O2S. The highest BCUT2D eigenvalue weighted by Crippen LogP contribution is 2.34. The van der Waals surface area contributed by atoms with Crippen LogP contribution in [0.5, 0.6) is 0 Å². The van der Waals surface area contributed by atoms with Crippen molar-refractivity contribution in [2.75, 3.05) is 6.54 Å². The zero-order valence-electron chi connectivity index (χ0n) is 16.5. The lowest BCUT2D eigenvalue weighted by Crippen LogP contribution is -2.46. The summed E-state index contributed by atoms with van der Waals surface area (Å²) in [5.41, 5.74) is 2.34. The number of hydrogen-bond acceptors (Lipinski definition) is 3. The van der Waals surface area contributed by atoms with Crippen molar-refractivity contribution in [2.45, 2.75) is 58.2 Å². The largest absolute Gasteiger partial charge is 0.332 e. The molecule has 148 valence electrons. The lowest BCUT2D eigenvalue weighted by atomic mass is 9.84. The fourth-order valence-electron chi connectivity index (χ4n) is 3.68. The molecule has 5 heteroatoms. The second-order valence-electron chi connectivity index (χ2n) is 8.09. The van der Waals surface area contributed by atoms with Gasteiger partial charge in [0.1, 0.15) is 6.54 Å². The molecule has 0 N–H and O–H groups in total.